The highest BCUT2D eigenvalue weighted by Gasteiger charge is 2.16. The number of nitrogens with one attached hydrogen (secondary N) is 1. The van der Waals surface area contributed by atoms with Gasteiger partial charge in [-0.05, 0) is 31.2 Å². The molecule has 8 heteroatoms. The van der Waals surface area contributed by atoms with Crippen molar-refractivity contribution < 1.29 is 13.2 Å². The van der Waals surface area contributed by atoms with E-state index in [1.165, 1.54) is 35.6 Å². The molecule has 1 N–H and O–H groups in total. The van der Waals surface area contributed by atoms with Gasteiger partial charge in [-0.1, -0.05) is 17.7 Å². The molecule has 0 saturated heterocycles. The maximum atomic E-state index is 12.0. The molecule has 0 radical (unpaired) electrons. The fourth-order valence-electron chi connectivity index (χ4n) is 1.48. The van der Waals surface area contributed by atoms with Gasteiger partial charge in [0.1, 0.15) is 0 Å². The Morgan fingerprint density at radius 2 is 2.19 bits per heavy atom. The van der Waals surface area contributed by atoms with Gasteiger partial charge in [-0.25, -0.2) is 18.1 Å². The van der Waals surface area contributed by atoms with E-state index in [1.807, 2.05) is 11.6 Å². The van der Waals surface area contributed by atoms with Crippen LogP contribution in [0.3, 0.4) is 0 Å². The molecule has 21 heavy (non-hydrogen) atoms. The Morgan fingerprint density at radius 1 is 1.43 bits per heavy atom. The van der Waals surface area contributed by atoms with Gasteiger partial charge in [-0.2, -0.15) is 0 Å². The molecule has 2 aromatic rings. The summed E-state index contributed by atoms with van der Waals surface area (Å²) in [5.74, 6) is -0.749. The van der Waals surface area contributed by atoms with Crippen molar-refractivity contribution in [3.8, 4) is 0 Å². The number of carbonyl (C=O) groups is 1. The number of nitrogens with zero attached hydrogens (tertiary/aromatic N) is 1. The molecule has 1 heterocycles. The van der Waals surface area contributed by atoms with Gasteiger partial charge >= 0.3 is 0 Å². The average molecular weight is 343 g/mol. The molecule has 0 spiro atoms. The fourth-order valence-corrected chi connectivity index (χ4v) is 3.30. The Kier molecular flexibility index (Phi) is 4.76. The fraction of sp³-hybridized carbons (Fsp3) is 0.0769. The van der Waals surface area contributed by atoms with Crippen LogP contribution in [0.25, 0.3) is 6.08 Å². The largest absolute Gasteiger partial charge is 0.269 e. The van der Waals surface area contributed by atoms with E-state index in [1.54, 1.807) is 11.4 Å². The first kappa shape index (κ1) is 15.7. The summed E-state index contributed by atoms with van der Waals surface area (Å²) in [7, 11) is -3.93. The van der Waals surface area contributed by atoms with Gasteiger partial charge in [0, 0.05) is 16.5 Å². The molecule has 1 aromatic heterocycles. The highest BCUT2D eigenvalue weighted by atomic mass is 35.5. The van der Waals surface area contributed by atoms with Crippen molar-refractivity contribution in [1.29, 1.82) is 0 Å². The molecular formula is C13H11ClN2O3S2. The molecule has 0 fully saturated rings. The van der Waals surface area contributed by atoms with Gasteiger partial charge in [-0.15, -0.1) is 11.3 Å². The molecule has 0 bridgehead atoms. The van der Waals surface area contributed by atoms with Crippen molar-refractivity contribution >= 4 is 44.9 Å². The second-order valence-electron chi connectivity index (χ2n) is 4.05. The third-order valence-corrected chi connectivity index (χ3v) is 4.75. The van der Waals surface area contributed by atoms with E-state index in [0.717, 1.165) is 11.1 Å². The van der Waals surface area contributed by atoms with Gasteiger partial charge in [0.25, 0.3) is 15.9 Å². The SMILES string of the molecule is Cc1nc(C=CC(=O)NS(=O)(=O)c2cccc(Cl)c2)cs1. The molecule has 1 aromatic carbocycles. The summed E-state index contributed by atoms with van der Waals surface area (Å²) in [6, 6.07) is 5.67. The predicted molar refractivity (Wildman–Crippen MR) is 82.7 cm³/mol. The lowest BCUT2D eigenvalue weighted by atomic mass is 10.4. The monoisotopic (exact) mass is 342 g/mol. The predicted octanol–water partition coefficient (Wildman–Crippen LogP) is 2.62. The van der Waals surface area contributed by atoms with Gasteiger partial charge in [0.15, 0.2) is 0 Å². The highest BCUT2D eigenvalue weighted by molar-refractivity contribution is 7.90. The van der Waals surface area contributed by atoms with E-state index in [2.05, 4.69) is 4.98 Å². The third-order valence-electron chi connectivity index (χ3n) is 2.38. The lowest BCUT2D eigenvalue weighted by Crippen LogP contribution is -2.28. The maximum Gasteiger partial charge on any atom is 0.264 e. The van der Waals surface area contributed by atoms with Crippen LogP contribution < -0.4 is 4.72 Å². The minimum atomic E-state index is -3.93. The molecule has 0 unspecified atom stereocenters. The van der Waals surface area contributed by atoms with Gasteiger partial charge in [0.2, 0.25) is 0 Å². The number of sulfonamides is 1. The number of hydrogen-bond donors (Lipinski definition) is 1. The minimum Gasteiger partial charge on any atom is -0.269 e. The number of hydrogen-bond acceptors (Lipinski definition) is 5. The van der Waals surface area contributed by atoms with Gasteiger partial charge < -0.3 is 0 Å². The second kappa shape index (κ2) is 6.38. The molecule has 0 aliphatic rings. The average Bonchev–Trinajstić information content (AvgIpc) is 2.82. The van der Waals surface area contributed by atoms with Crippen molar-refractivity contribution in [1.82, 2.24) is 9.71 Å². The number of halogens is 1. The molecule has 5 nitrogen and oxygen atoms in total. The zero-order chi connectivity index (χ0) is 15.5. The number of rotatable bonds is 4. The molecular weight excluding hydrogens is 332 g/mol. The van der Waals surface area contributed by atoms with Crippen molar-refractivity contribution in [2.45, 2.75) is 11.8 Å². The minimum absolute atomic E-state index is 0.0683. The second-order valence-corrected chi connectivity index (χ2v) is 7.23. The maximum absolute atomic E-state index is 12.0. The Hall–Kier alpha value is -1.70. The Bertz CT molecular complexity index is 797. The smallest absolute Gasteiger partial charge is 0.264 e. The van der Waals surface area contributed by atoms with Gasteiger partial charge in [0.05, 0.1) is 15.6 Å². The van der Waals surface area contributed by atoms with E-state index >= 15 is 0 Å². The summed E-state index contributed by atoms with van der Waals surface area (Å²) in [5.41, 5.74) is 0.604. The van der Waals surface area contributed by atoms with E-state index in [4.69, 9.17) is 11.6 Å². The van der Waals surface area contributed by atoms with Crippen LogP contribution in [0.15, 0.2) is 40.6 Å². The molecule has 1 amide bonds. The van der Waals surface area contributed by atoms with Crippen LogP contribution in [0.1, 0.15) is 10.7 Å². The Balaban J connectivity index is 2.10. The number of carbonyl (C=O) groups excluding carboxylic acids is 1. The molecule has 110 valence electrons. The number of amides is 1. The number of aromatic nitrogens is 1. The summed E-state index contributed by atoms with van der Waals surface area (Å²) in [6.45, 7) is 1.84. The van der Waals surface area contributed by atoms with Crippen LogP contribution >= 0.6 is 22.9 Å². The lowest BCUT2D eigenvalue weighted by Gasteiger charge is -2.04. The molecule has 0 atom stereocenters. The number of thiazole rings is 1. The van der Waals surface area contributed by atoms with Crippen LogP contribution in [0.4, 0.5) is 0 Å². The Labute approximate surface area is 131 Å². The summed E-state index contributed by atoms with van der Waals surface area (Å²) < 4.78 is 25.9. The van der Waals surface area contributed by atoms with Crippen LogP contribution in [0.5, 0.6) is 0 Å². The molecule has 0 aliphatic carbocycles. The lowest BCUT2D eigenvalue weighted by molar-refractivity contribution is -0.114. The zero-order valence-corrected chi connectivity index (χ0v) is 13.3. The number of benzene rings is 1. The van der Waals surface area contributed by atoms with Crippen LogP contribution in [-0.4, -0.2) is 19.3 Å². The summed E-state index contributed by atoms with van der Waals surface area (Å²) in [4.78, 5) is 15.7. The summed E-state index contributed by atoms with van der Waals surface area (Å²) in [6.07, 6.45) is 2.57. The van der Waals surface area contributed by atoms with E-state index in [9.17, 15) is 13.2 Å². The van der Waals surface area contributed by atoms with Crippen molar-refractivity contribution in [2.24, 2.45) is 0 Å². The first-order valence-corrected chi connectivity index (χ1v) is 8.53. The molecule has 0 aliphatic heterocycles. The standard InChI is InChI=1S/C13H11ClN2O3S2/c1-9-15-11(8-20-9)5-6-13(17)16-21(18,19)12-4-2-3-10(14)7-12/h2-8H,1H3,(H,16,17). The Morgan fingerprint density at radius 3 is 2.81 bits per heavy atom. The highest BCUT2D eigenvalue weighted by Crippen LogP contribution is 2.15. The summed E-state index contributed by atoms with van der Waals surface area (Å²) >= 11 is 7.17. The summed E-state index contributed by atoms with van der Waals surface area (Å²) in [5, 5.41) is 2.91. The van der Waals surface area contributed by atoms with E-state index < -0.39 is 15.9 Å². The molecule has 0 saturated carbocycles. The van der Waals surface area contributed by atoms with Crippen LogP contribution in [0, 0.1) is 6.92 Å². The van der Waals surface area contributed by atoms with Gasteiger partial charge in [-0.3, -0.25) is 4.79 Å². The topological polar surface area (TPSA) is 76.1 Å². The van der Waals surface area contributed by atoms with Crippen LogP contribution in [0.2, 0.25) is 5.02 Å². The zero-order valence-electron chi connectivity index (χ0n) is 10.9. The number of aryl methyl sites for hydroxylation is 1. The van der Waals surface area contributed by atoms with Crippen LogP contribution in [-0.2, 0) is 14.8 Å². The van der Waals surface area contributed by atoms with Crippen molar-refractivity contribution in [2.75, 3.05) is 0 Å². The van der Waals surface area contributed by atoms with Crippen molar-refractivity contribution in [3.63, 3.8) is 0 Å². The normalized spacial score (nSPS) is 11.7. The first-order chi connectivity index (χ1) is 9.87. The van der Waals surface area contributed by atoms with E-state index in [-0.39, 0.29) is 9.92 Å². The van der Waals surface area contributed by atoms with Crippen molar-refractivity contribution in [3.05, 3.63) is 51.4 Å². The third kappa shape index (κ3) is 4.38. The quantitative estimate of drug-likeness (QED) is 0.866. The van der Waals surface area contributed by atoms with E-state index in [0.29, 0.717) is 5.69 Å². The first-order valence-electron chi connectivity index (χ1n) is 5.79. The molecule has 2 rings (SSSR count).